The largest absolute Gasteiger partial charge is 0.496 e. The SMILES string of the molecule is COc1ccccc1CN(C)C(=O)NC(=O)CCl. The molecule has 0 aliphatic rings. The van der Waals surface area contributed by atoms with Gasteiger partial charge in [-0.15, -0.1) is 11.6 Å². The van der Waals surface area contributed by atoms with Crippen LogP contribution in [0.3, 0.4) is 0 Å². The maximum atomic E-state index is 11.6. The molecule has 0 spiro atoms. The van der Waals surface area contributed by atoms with Gasteiger partial charge in [0.2, 0.25) is 5.91 Å². The van der Waals surface area contributed by atoms with Crippen LogP contribution in [0.4, 0.5) is 4.79 Å². The molecule has 0 fully saturated rings. The molecule has 0 unspecified atom stereocenters. The molecule has 0 heterocycles. The Morgan fingerprint density at radius 3 is 2.67 bits per heavy atom. The van der Waals surface area contributed by atoms with E-state index in [9.17, 15) is 9.59 Å². The van der Waals surface area contributed by atoms with E-state index in [0.717, 1.165) is 5.56 Å². The number of carbonyl (C=O) groups is 2. The van der Waals surface area contributed by atoms with Crippen LogP contribution in [0.5, 0.6) is 5.75 Å². The van der Waals surface area contributed by atoms with Gasteiger partial charge < -0.3 is 9.64 Å². The molecular weight excluding hydrogens is 256 g/mol. The topological polar surface area (TPSA) is 58.6 Å². The lowest BCUT2D eigenvalue weighted by molar-refractivity contribution is -0.117. The van der Waals surface area contributed by atoms with Crippen LogP contribution in [0.25, 0.3) is 0 Å². The zero-order valence-electron chi connectivity index (χ0n) is 10.3. The van der Waals surface area contributed by atoms with Crippen LogP contribution in [-0.2, 0) is 11.3 Å². The maximum absolute atomic E-state index is 11.6. The maximum Gasteiger partial charge on any atom is 0.324 e. The molecule has 0 aliphatic carbocycles. The summed E-state index contributed by atoms with van der Waals surface area (Å²) in [5, 5.41) is 2.16. The van der Waals surface area contributed by atoms with Crippen molar-refractivity contribution in [3.63, 3.8) is 0 Å². The lowest BCUT2D eigenvalue weighted by atomic mass is 10.2. The number of nitrogens with zero attached hydrogens (tertiary/aromatic N) is 1. The third kappa shape index (κ3) is 3.92. The van der Waals surface area contributed by atoms with Crippen LogP contribution in [0.2, 0.25) is 0 Å². The van der Waals surface area contributed by atoms with E-state index in [1.807, 2.05) is 24.3 Å². The predicted molar refractivity (Wildman–Crippen MR) is 68.7 cm³/mol. The Kier molecular flexibility index (Phi) is 5.45. The number of carbonyl (C=O) groups excluding carboxylic acids is 2. The van der Waals surface area contributed by atoms with E-state index in [0.29, 0.717) is 12.3 Å². The first-order valence-corrected chi connectivity index (χ1v) is 5.84. The van der Waals surface area contributed by atoms with Gasteiger partial charge in [-0.3, -0.25) is 10.1 Å². The number of alkyl halides is 1. The Hall–Kier alpha value is -1.75. The van der Waals surface area contributed by atoms with Crippen LogP contribution < -0.4 is 10.1 Å². The number of halogens is 1. The number of methoxy groups -OCH3 is 1. The summed E-state index contributed by atoms with van der Waals surface area (Å²) in [6.45, 7) is 0.339. The van der Waals surface area contributed by atoms with E-state index < -0.39 is 11.9 Å². The van der Waals surface area contributed by atoms with Crippen LogP contribution in [0.1, 0.15) is 5.56 Å². The van der Waals surface area contributed by atoms with Crippen molar-refractivity contribution in [3.8, 4) is 5.75 Å². The van der Waals surface area contributed by atoms with Crippen molar-refractivity contribution in [2.24, 2.45) is 0 Å². The average Bonchev–Trinajstić information content (AvgIpc) is 2.39. The van der Waals surface area contributed by atoms with Crippen molar-refractivity contribution < 1.29 is 14.3 Å². The van der Waals surface area contributed by atoms with Gasteiger partial charge >= 0.3 is 6.03 Å². The molecule has 0 saturated heterocycles. The molecule has 0 aromatic heterocycles. The number of ether oxygens (including phenoxy) is 1. The van der Waals surface area contributed by atoms with Crippen molar-refractivity contribution in [1.29, 1.82) is 0 Å². The highest BCUT2D eigenvalue weighted by Crippen LogP contribution is 2.18. The summed E-state index contributed by atoms with van der Waals surface area (Å²) < 4.78 is 5.18. The zero-order valence-corrected chi connectivity index (χ0v) is 11.0. The number of nitrogens with one attached hydrogen (secondary N) is 1. The van der Waals surface area contributed by atoms with E-state index >= 15 is 0 Å². The third-order valence-electron chi connectivity index (χ3n) is 2.31. The Balaban J connectivity index is 2.66. The number of urea groups is 1. The molecule has 0 radical (unpaired) electrons. The Bertz CT molecular complexity index is 437. The highest BCUT2D eigenvalue weighted by Gasteiger charge is 2.13. The van der Waals surface area contributed by atoms with E-state index in [1.54, 1.807) is 14.2 Å². The Morgan fingerprint density at radius 2 is 2.06 bits per heavy atom. The van der Waals surface area contributed by atoms with Crippen molar-refractivity contribution in [1.82, 2.24) is 10.2 Å². The molecule has 0 bridgehead atoms. The fourth-order valence-corrected chi connectivity index (χ4v) is 1.48. The van der Waals surface area contributed by atoms with Crippen LogP contribution >= 0.6 is 11.6 Å². The molecule has 18 heavy (non-hydrogen) atoms. The fraction of sp³-hybridized carbons (Fsp3) is 0.333. The lowest BCUT2D eigenvalue weighted by Crippen LogP contribution is -2.40. The quantitative estimate of drug-likeness (QED) is 0.846. The molecule has 3 amide bonds. The van der Waals surface area contributed by atoms with Gasteiger partial charge in [0.25, 0.3) is 0 Å². The molecule has 1 aromatic rings. The highest BCUT2D eigenvalue weighted by molar-refractivity contribution is 6.28. The summed E-state index contributed by atoms with van der Waals surface area (Å²) >= 11 is 5.31. The first-order valence-electron chi connectivity index (χ1n) is 5.31. The number of hydrogen-bond acceptors (Lipinski definition) is 3. The molecule has 1 rings (SSSR count). The first kappa shape index (κ1) is 14.3. The van der Waals surface area contributed by atoms with Crippen molar-refractivity contribution in [3.05, 3.63) is 29.8 Å². The van der Waals surface area contributed by atoms with E-state index in [4.69, 9.17) is 16.3 Å². The van der Waals surface area contributed by atoms with Crippen LogP contribution in [0.15, 0.2) is 24.3 Å². The van der Waals surface area contributed by atoms with E-state index in [-0.39, 0.29) is 5.88 Å². The first-order chi connectivity index (χ1) is 8.58. The van der Waals surface area contributed by atoms with Crippen molar-refractivity contribution >= 4 is 23.5 Å². The molecule has 0 atom stereocenters. The standard InChI is InChI=1S/C12H15ClN2O3/c1-15(12(17)14-11(16)7-13)8-9-5-3-4-6-10(9)18-2/h3-6H,7-8H2,1-2H3,(H,14,16,17). The minimum Gasteiger partial charge on any atom is -0.496 e. The number of amides is 3. The van der Waals surface area contributed by atoms with Gasteiger partial charge in [-0.2, -0.15) is 0 Å². The molecule has 6 heteroatoms. The van der Waals surface area contributed by atoms with Gasteiger partial charge in [-0.1, -0.05) is 18.2 Å². The van der Waals surface area contributed by atoms with Gasteiger partial charge in [0.1, 0.15) is 11.6 Å². The fourth-order valence-electron chi connectivity index (χ4n) is 1.41. The van der Waals surface area contributed by atoms with Gasteiger partial charge in [0.05, 0.1) is 13.7 Å². The summed E-state index contributed by atoms with van der Waals surface area (Å²) in [5.74, 6) is -0.0665. The zero-order chi connectivity index (χ0) is 13.5. The normalized spacial score (nSPS) is 9.72. The second-order valence-corrected chi connectivity index (χ2v) is 3.92. The summed E-state index contributed by atoms with van der Waals surface area (Å²) in [6.07, 6.45) is 0. The number of para-hydroxylation sites is 1. The minimum atomic E-state index is -0.520. The summed E-state index contributed by atoms with van der Waals surface area (Å²) in [6, 6.07) is 6.87. The van der Waals surface area contributed by atoms with E-state index in [2.05, 4.69) is 5.32 Å². The summed E-state index contributed by atoms with van der Waals surface area (Å²) in [5.41, 5.74) is 0.857. The van der Waals surface area contributed by atoms with E-state index in [1.165, 1.54) is 4.90 Å². The van der Waals surface area contributed by atoms with Crippen molar-refractivity contribution in [2.75, 3.05) is 20.0 Å². The molecule has 98 valence electrons. The molecule has 0 saturated carbocycles. The van der Waals surface area contributed by atoms with Gasteiger partial charge in [0, 0.05) is 12.6 Å². The highest BCUT2D eigenvalue weighted by atomic mass is 35.5. The summed E-state index contributed by atoms with van der Waals surface area (Å²) in [7, 11) is 3.15. The minimum absolute atomic E-state index is 0.242. The lowest BCUT2D eigenvalue weighted by Gasteiger charge is -2.18. The summed E-state index contributed by atoms with van der Waals surface area (Å²) in [4.78, 5) is 24.0. The Labute approximate surface area is 111 Å². The van der Waals surface area contributed by atoms with Crippen molar-refractivity contribution in [2.45, 2.75) is 6.54 Å². The van der Waals surface area contributed by atoms with Crippen LogP contribution in [-0.4, -0.2) is 36.9 Å². The van der Waals surface area contributed by atoms with Gasteiger partial charge in [-0.25, -0.2) is 4.79 Å². The second-order valence-electron chi connectivity index (χ2n) is 3.65. The molecule has 5 nitrogen and oxygen atoms in total. The number of rotatable bonds is 4. The van der Waals surface area contributed by atoms with Gasteiger partial charge in [-0.05, 0) is 6.07 Å². The van der Waals surface area contributed by atoms with Crippen LogP contribution in [0, 0.1) is 0 Å². The van der Waals surface area contributed by atoms with Gasteiger partial charge in [0.15, 0.2) is 0 Å². The smallest absolute Gasteiger partial charge is 0.324 e. The molecule has 0 aliphatic heterocycles. The average molecular weight is 271 g/mol. The number of imide groups is 1. The predicted octanol–water partition coefficient (Wildman–Crippen LogP) is 1.60. The molecule has 1 N–H and O–H groups in total. The Morgan fingerprint density at radius 1 is 1.39 bits per heavy atom. The monoisotopic (exact) mass is 270 g/mol. The number of benzene rings is 1. The number of hydrogen-bond donors (Lipinski definition) is 1. The third-order valence-corrected chi connectivity index (χ3v) is 2.56. The molecule has 1 aromatic carbocycles. The second kappa shape index (κ2) is 6.86. The molecular formula is C12H15ClN2O3.